The van der Waals surface area contributed by atoms with Crippen LogP contribution in [0.15, 0.2) is 40.2 Å². The van der Waals surface area contributed by atoms with Gasteiger partial charge in [0, 0.05) is 38.3 Å². The van der Waals surface area contributed by atoms with Gasteiger partial charge in [-0.3, -0.25) is 14.7 Å². The third kappa shape index (κ3) is 4.83. The highest BCUT2D eigenvalue weighted by atomic mass is 16.1. The second-order valence-corrected chi connectivity index (χ2v) is 7.62. The van der Waals surface area contributed by atoms with E-state index in [-0.39, 0.29) is 5.56 Å². The number of aromatic nitrogens is 2. The van der Waals surface area contributed by atoms with E-state index in [2.05, 4.69) is 36.1 Å². The molecular formula is C21H29N7O. The molecule has 0 unspecified atom stereocenters. The van der Waals surface area contributed by atoms with E-state index >= 15 is 0 Å². The Morgan fingerprint density at radius 2 is 1.93 bits per heavy atom. The SMILES string of the molecule is NCCCCCN1CCN(c2cnc(N=C3Cc4ccccc4N3)[nH]c2=O)CC1. The fourth-order valence-electron chi connectivity index (χ4n) is 3.90. The van der Waals surface area contributed by atoms with Crippen LogP contribution >= 0.6 is 0 Å². The number of piperazine rings is 1. The van der Waals surface area contributed by atoms with Crippen molar-refractivity contribution in [3.63, 3.8) is 0 Å². The molecule has 4 rings (SSSR count). The summed E-state index contributed by atoms with van der Waals surface area (Å²) < 4.78 is 0. The van der Waals surface area contributed by atoms with Gasteiger partial charge in [0.05, 0.1) is 6.20 Å². The fourth-order valence-corrected chi connectivity index (χ4v) is 3.90. The maximum Gasteiger partial charge on any atom is 0.275 e. The number of H-pyrrole nitrogens is 1. The van der Waals surface area contributed by atoms with Crippen molar-refractivity contribution in [2.24, 2.45) is 10.7 Å². The Morgan fingerprint density at radius 3 is 2.69 bits per heavy atom. The van der Waals surface area contributed by atoms with Crippen LogP contribution < -0.4 is 21.5 Å². The summed E-state index contributed by atoms with van der Waals surface area (Å²) in [6, 6.07) is 8.10. The molecule has 3 heterocycles. The summed E-state index contributed by atoms with van der Waals surface area (Å²) in [4.78, 5) is 28.9. The van der Waals surface area contributed by atoms with Crippen LogP contribution in [0, 0.1) is 0 Å². The number of nitrogens with one attached hydrogen (secondary N) is 2. The summed E-state index contributed by atoms with van der Waals surface area (Å²) in [7, 11) is 0. The predicted molar refractivity (Wildman–Crippen MR) is 117 cm³/mol. The molecule has 0 atom stereocenters. The molecule has 1 fully saturated rings. The van der Waals surface area contributed by atoms with Gasteiger partial charge in [0.15, 0.2) is 0 Å². The lowest BCUT2D eigenvalue weighted by atomic mass is 10.2. The van der Waals surface area contributed by atoms with Crippen molar-refractivity contribution in [2.45, 2.75) is 25.7 Å². The molecule has 0 spiro atoms. The van der Waals surface area contributed by atoms with Crippen LogP contribution in [0.2, 0.25) is 0 Å². The number of unbranched alkanes of at least 4 members (excludes halogenated alkanes) is 2. The van der Waals surface area contributed by atoms with Crippen molar-refractivity contribution >= 4 is 23.2 Å². The van der Waals surface area contributed by atoms with Gasteiger partial charge in [-0.2, -0.15) is 4.99 Å². The second kappa shape index (κ2) is 9.19. The van der Waals surface area contributed by atoms with E-state index in [1.807, 2.05) is 18.2 Å². The summed E-state index contributed by atoms with van der Waals surface area (Å²) >= 11 is 0. The zero-order valence-corrected chi connectivity index (χ0v) is 16.7. The Morgan fingerprint density at radius 1 is 1.10 bits per heavy atom. The Hall–Kier alpha value is -2.71. The number of benzene rings is 1. The topological polar surface area (TPSA) is 103 Å². The molecule has 2 aromatic rings. The van der Waals surface area contributed by atoms with E-state index in [1.54, 1.807) is 6.20 Å². The number of amidine groups is 1. The summed E-state index contributed by atoms with van der Waals surface area (Å²) in [6.07, 6.45) is 5.84. The molecule has 2 aliphatic heterocycles. The normalized spacial score (nSPS) is 18.1. The van der Waals surface area contributed by atoms with Crippen molar-refractivity contribution < 1.29 is 0 Å². The fraction of sp³-hybridized carbons (Fsp3) is 0.476. The van der Waals surface area contributed by atoms with E-state index in [4.69, 9.17) is 5.73 Å². The van der Waals surface area contributed by atoms with Gasteiger partial charge in [0.25, 0.3) is 5.56 Å². The molecule has 0 aliphatic carbocycles. The molecule has 0 radical (unpaired) electrons. The first kappa shape index (κ1) is 19.6. The summed E-state index contributed by atoms with van der Waals surface area (Å²) in [5, 5.41) is 3.27. The van der Waals surface area contributed by atoms with Gasteiger partial charge < -0.3 is 16.0 Å². The van der Waals surface area contributed by atoms with Gasteiger partial charge in [0.2, 0.25) is 5.95 Å². The lowest BCUT2D eigenvalue weighted by molar-refractivity contribution is 0.252. The number of nitrogens with zero attached hydrogens (tertiary/aromatic N) is 4. The summed E-state index contributed by atoms with van der Waals surface area (Å²) in [5.74, 6) is 1.14. The zero-order chi connectivity index (χ0) is 20.1. The van der Waals surface area contributed by atoms with Gasteiger partial charge in [-0.15, -0.1) is 0 Å². The molecule has 0 amide bonds. The number of aliphatic imine (C=N–C) groups is 1. The lowest BCUT2D eigenvalue weighted by Crippen LogP contribution is -2.48. The number of rotatable bonds is 7. The maximum atomic E-state index is 12.6. The Bertz CT molecular complexity index is 888. The minimum absolute atomic E-state index is 0.133. The summed E-state index contributed by atoms with van der Waals surface area (Å²) in [5.41, 5.74) is 8.30. The third-order valence-corrected chi connectivity index (χ3v) is 5.55. The molecule has 0 saturated carbocycles. The van der Waals surface area contributed by atoms with Crippen molar-refractivity contribution in [3.8, 4) is 0 Å². The van der Waals surface area contributed by atoms with Crippen LogP contribution in [0.5, 0.6) is 0 Å². The quantitative estimate of drug-likeness (QED) is 0.617. The largest absolute Gasteiger partial charge is 0.363 e. The van der Waals surface area contributed by atoms with Crippen molar-refractivity contribution in [1.29, 1.82) is 0 Å². The predicted octanol–water partition coefficient (Wildman–Crippen LogP) is 1.72. The number of anilines is 2. The second-order valence-electron chi connectivity index (χ2n) is 7.62. The van der Waals surface area contributed by atoms with E-state index < -0.39 is 0 Å². The average molecular weight is 396 g/mol. The molecule has 1 aromatic carbocycles. The molecule has 8 heteroatoms. The first-order chi connectivity index (χ1) is 14.2. The maximum absolute atomic E-state index is 12.6. The van der Waals surface area contributed by atoms with Crippen molar-refractivity contribution in [2.75, 3.05) is 49.5 Å². The molecule has 1 aromatic heterocycles. The monoisotopic (exact) mass is 395 g/mol. The molecule has 154 valence electrons. The highest BCUT2D eigenvalue weighted by Crippen LogP contribution is 2.23. The number of hydrogen-bond donors (Lipinski definition) is 3. The van der Waals surface area contributed by atoms with Gasteiger partial charge in [0.1, 0.15) is 11.5 Å². The number of para-hydroxylation sites is 1. The highest BCUT2D eigenvalue weighted by molar-refractivity contribution is 6.03. The van der Waals surface area contributed by atoms with Crippen molar-refractivity contribution in [3.05, 3.63) is 46.4 Å². The molecule has 29 heavy (non-hydrogen) atoms. The van der Waals surface area contributed by atoms with Gasteiger partial charge in [-0.05, 0) is 37.6 Å². The standard InChI is InChI=1S/C21H29N7O/c22-8-4-1-5-9-27-10-12-28(13-11-27)18-15-23-21(26-20(18)29)25-19-14-16-6-2-3-7-17(16)24-19/h2-3,6-7,15H,1,4-5,8-14,22H2,(H2,23,24,25,26,29). The first-order valence-electron chi connectivity index (χ1n) is 10.4. The van der Waals surface area contributed by atoms with E-state index in [9.17, 15) is 4.79 Å². The van der Waals surface area contributed by atoms with Crippen LogP contribution in [0.4, 0.5) is 17.3 Å². The van der Waals surface area contributed by atoms with E-state index in [1.165, 1.54) is 18.4 Å². The number of aromatic amines is 1. The first-order valence-corrected chi connectivity index (χ1v) is 10.4. The number of nitrogens with two attached hydrogens (primary N) is 1. The van der Waals surface area contributed by atoms with Crippen molar-refractivity contribution in [1.82, 2.24) is 14.9 Å². The lowest BCUT2D eigenvalue weighted by Gasteiger charge is -2.35. The van der Waals surface area contributed by atoms with Crippen LogP contribution in [0.25, 0.3) is 0 Å². The average Bonchev–Trinajstić information content (AvgIpc) is 3.14. The van der Waals surface area contributed by atoms with E-state index in [0.29, 0.717) is 11.6 Å². The molecule has 0 bridgehead atoms. The summed E-state index contributed by atoms with van der Waals surface area (Å²) in [6.45, 7) is 5.49. The number of hydrogen-bond acceptors (Lipinski definition) is 6. The third-order valence-electron chi connectivity index (χ3n) is 5.55. The van der Waals surface area contributed by atoms with Gasteiger partial charge in [-0.1, -0.05) is 24.6 Å². The van der Waals surface area contributed by atoms with Gasteiger partial charge in [-0.25, -0.2) is 4.98 Å². The molecule has 1 saturated heterocycles. The molecule has 2 aliphatic rings. The smallest absolute Gasteiger partial charge is 0.275 e. The van der Waals surface area contributed by atoms with Crippen LogP contribution in [0.1, 0.15) is 24.8 Å². The van der Waals surface area contributed by atoms with Gasteiger partial charge >= 0.3 is 0 Å². The molecule has 8 nitrogen and oxygen atoms in total. The van der Waals surface area contributed by atoms with Crippen LogP contribution in [-0.4, -0.2) is 60.0 Å². The molecule has 4 N–H and O–H groups in total. The highest BCUT2D eigenvalue weighted by Gasteiger charge is 2.20. The molecular weight excluding hydrogens is 366 g/mol. The number of fused-ring (bicyclic) bond motifs is 1. The zero-order valence-electron chi connectivity index (χ0n) is 16.7. The Balaban J connectivity index is 1.34. The van der Waals surface area contributed by atoms with Crippen LogP contribution in [-0.2, 0) is 6.42 Å². The minimum Gasteiger partial charge on any atom is -0.363 e. The Kier molecular flexibility index (Phi) is 6.21. The Labute approximate surface area is 170 Å². The van der Waals surface area contributed by atoms with Crippen LogP contribution in [0.3, 0.4) is 0 Å². The van der Waals surface area contributed by atoms with E-state index in [0.717, 1.165) is 63.6 Å². The minimum atomic E-state index is -0.133.